The number of rotatable bonds is 4. The molecule has 3 heteroatoms. The maximum absolute atomic E-state index is 5.86. The summed E-state index contributed by atoms with van der Waals surface area (Å²) in [4.78, 5) is 0. The first-order valence-electron chi connectivity index (χ1n) is 5.75. The van der Waals surface area contributed by atoms with Crippen LogP contribution in [0.25, 0.3) is 11.3 Å². The Morgan fingerprint density at radius 3 is 2.71 bits per heavy atom. The molecule has 0 bridgehead atoms. The second-order valence-corrected chi connectivity index (χ2v) is 5.76. The molecule has 0 unspecified atom stereocenters. The smallest absolute Gasteiger partial charge is 0.135 e. The van der Waals surface area contributed by atoms with Crippen molar-refractivity contribution in [1.82, 2.24) is 0 Å². The molecule has 0 saturated heterocycles. The first kappa shape index (κ1) is 12.9. The van der Waals surface area contributed by atoms with Gasteiger partial charge in [-0.2, -0.15) is 0 Å². The molecular formula is C14H14Br2O. The SMILES string of the molecule is CCCCc1ccc(-c2cc(Br)ccc2Br)o1. The molecule has 0 fully saturated rings. The minimum absolute atomic E-state index is 0.921. The Morgan fingerprint density at radius 1 is 1.12 bits per heavy atom. The van der Waals surface area contributed by atoms with Gasteiger partial charge in [0, 0.05) is 20.9 Å². The first-order valence-corrected chi connectivity index (χ1v) is 7.33. The maximum atomic E-state index is 5.86. The van der Waals surface area contributed by atoms with Crippen LogP contribution in [0.5, 0.6) is 0 Å². The molecule has 0 amide bonds. The number of benzene rings is 1. The van der Waals surface area contributed by atoms with Gasteiger partial charge < -0.3 is 4.42 Å². The molecule has 1 heterocycles. The first-order chi connectivity index (χ1) is 8.20. The van der Waals surface area contributed by atoms with Gasteiger partial charge in [-0.05, 0) is 36.8 Å². The number of unbranched alkanes of at least 4 members (excludes halogenated alkanes) is 1. The van der Waals surface area contributed by atoms with Gasteiger partial charge in [-0.25, -0.2) is 0 Å². The van der Waals surface area contributed by atoms with E-state index in [0.717, 1.165) is 32.5 Å². The van der Waals surface area contributed by atoms with Crippen LogP contribution < -0.4 is 0 Å². The molecule has 0 atom stereocenters. The van der Waals surface area contributed by atoms with Crippen molar-refractivity contribution >= 4 is 31.9 Å². The van der Waals surface area contributed by atoms with E-state index in [1.165, 1.54) is 12.8 Å². The third kappa shape index (κ3) is 3.23. The monoisotopic (exact) mass is 356 g/mol. The van der Waals surface area contributed by atoms with E-state index in [4.69, 9.17) is 4.42 Å². The molecule has 0 spiro atoms. The van der Waals surface area contributed by atoms with E-state index < -0.39 is 0 Å². The fourth-order valence-electron chi connectivity index (χ4n) is 1.69. The minimum atomic E-state index is 0.921. The molecule has 2 aromatic rings. The van der Waals surface area contributed by atoms with Gasteiger partial charge in [0.2, 0.25) is 0 Å². The van der Waals surface area contributed by atoms with Gasteiger partial charge in [0.25, 0.3) is 0 Å². The van der Waals surface area contributed by atoms with E-state index in [2.05, 4.69) is 50.9 Å². The molecule has 0 aliphatic carbocycles. The van der Waals surface area contributed by atoms with E-state index >= 15 is 0 Å². The second-order valence-electron chi connectivity index (χ2n) is 3.99. The Balaban J connectivity index is 2.27. The van der Waals surface area contributed by atoms with Gasteiger partial charge in [-0.1, -0.05) is 45.2 Å². The zero-order valence-electron chi connectivity index (χ0n) is 9.67. The number of hydrogen-bond acceptors (Lipinski definition) is 1. The fourth-order valence-corrected chi connectivity index (χ4v) is 2.50. The van der Waals surface area contributed by atoms with Crippen molar-refractivity contribution in [2.75, 3.05) is 0 Å². The summed E-state index contributed by atoms with van der Waals surface area (Å²) in [5, 5.41) is 0. The van der Waals surface area contributed by atoms with Gasteiger partial charge >= 0.3 is 0 Å². The van der Waals surface area contributed by atoms with Crippen molar-refractivity contribution in [3.63, 3.8) is 0 Å². The Kier molecular flexibility index (Phi) is 4.46. The number of aryl methyl sites for hydroxylation is 1. The predicted octanol–water partition coefficient (Wildman–Crippen LogP) is 5.81. The summed E-state index contributed by atoms with van der Waals surface area (Å²) >= 11 is 7.03. The van der Waals surface area contributed by atoms with Crippen LogP contribution in [0.1, 0.15) is 25.5 Å². The average Bonchev–Trinajstić information content (AvgIpc) is 2.78. The zero-order chi connectivity index (χ0) is 12.3. The standard InChI is InChI=1S/C14H14Br2O/c1-2-3-4-11-6-8-14(17-11)12-9-10(15)5-7-13(12)16/h5-9H,2-4H2,1H3. The molecule has 2 rings (SSSR count). The normalized spacial score (nSPS) is 10.8. The van der Waals surface area contributed by atoms with Gasteiger partial charge in [0.1, 0.15) is 11.5 Å². The number of furan rings is 1. The average molecular weight is 358 g/mol. The highest BCUT2D eigenvalue weighted by molar-refractivity contribution is 9.11. The third-order valence-corrected chi connectivity index (χ3v) is 3.82. The van der Waals surface area contributed by atoms with Crippen LogP contribution in [0.4, 0.5) is 0 Å². The van der Waals surface area contributed by atoms with Crippen LogP contribution in [0.2, 0.25) is 0 Å². The lowest BCUT2D eigenvalue weighted by atomic mass is 10.2. The third-order valence-electron chi connectivity index (χ3n) is 2.63. The van der Waals surface area contributed by atoms with Gasteiger partial charge in [-0.3, -0.25) is 0 Å². The Labute approximate surface area is 118 Å². The van der Waals surface area contributed by atoms with E-state index in [-0.39, 0.29) is 0 Å². The predicted molar refractivity (Wildman–Crippen MR) is 78.2 cm³/mol. The molecule has 0 radical (unpaired) electrons. The summed E-state index contributed by atoms with van der Waals surface area (Å²) in [6, 6.07) is 10.2. The van der Waals surface area contributed by atoms with Crippen LogP contribution in [0, 0.1) is 0 Å². The highest BCUT2D eigenvalue weighted by Crippen LogP contribution is 2.32. The zero-order valence-corrected chi connectivity index (χ0v) is 12.8. The van der Waals surface area contributed by atoms with E-state index in [1.807, 2.05) is 18.2 Å². The second kappa shape index (κ2) is 5.87. The summed E-state index contributed by atoms with van der Waals surface area (Å²) in [5.74, 6) is 1.98. The summed E-state index contributed by atoms with van der Waals surface area (Å²) in [6.07, 6.45) is 3.38. The summed E-state index contributed by atoms with van der Waals surface area (Å²) in [5.41, 5.74) is 1.09. The van der Waals surface area contributed by atoms with Crippen molar-refractivity contribution in [2.24, 2.45) is 0 Å². The van der Waals surface area contributed by atoms with Crippen LogP contribution in [-0.4, -0.2) is 0 Å². The lowest BCUT2D eigenvalue weighted by Crippen LogP contribution is -1.80. The lowest BCUT2D eigenvalue weighted by Gasteiger charge is -2.02. The van der Waals surface area contributed by atoms with Crippen molar-refractivity contribution in [3.8, 4) is 11.3 Å². The Morgan fingerprint density at radius 2 is 1.94 bits per heavy atom. The number of hydrogen-bond donors (Lipinski definition) is 0. The van der Waals surface area contributed by atoms with Crippen molar-refractivity contribution in [2.45, 2.75) is 26.2 Å². The molecule has 0 saturated carbocycles. The lowest BCUT2D eigenvalue weighted by molar-refractivity contribution is 0.512. The molecule has 0 aliphatic rings. The summed E-state index contributed by atoms with van der Waals surface area (Å²) in [6.45, 7) is 2.19. The number of halogens is 2. The van der Waals surface area contributed by atoms with Gasteiger partial charge in [0.05, 0.1) is 0 Å². The summed E-state index contributed by atoms with van der Waals surface area (Å²) < 4.78 is 7.97. The van der Waals surface area contributed by atoms with Crippen molar-refractivity contribution in [1.29, 1.82) is 0 Å². The largest absolute Gasteiger partial charge is 0.461 e. The highest BCUT2D eigenvalue weighted by atomic mass is 79.9. The van der Waals surface area contributed by atoms with Gasteiger partial charge in [-0.15, -0.1) is 0 Å². The maximum Gasteiger partial charge on any atom is 0.135 e. The van der Waals surface area contributed by atoms with Gasteiger partial charge in [0.15, 0.2) is 0 Å². The Bertz CT molecular complexity index is 503. The van der Waals surface area contributed by atoms with Crippen molar-refractivity contribution < 1.29 is 4.42 Å². The Hall–Kier alpha value is -0.540. The highest BCUT2D eigenvalue weighted by Gasteiger charge is 2.08. The molecule has 0 aliphatic heterocycles. The quantitative estimate of drug-likeness (QED) is 0.672. The summed E-state index contributed by atoms with van der Waals surface area (Å²) in [7, 11) is 0. The molecule has 17 heavy (non-hydrogen) atoms. The van der Waals surface area contributed by atoms with E-state index in [1.54, 1.807) is 0 Å². The molecule has 0 N–H and O–H groups in total. The van der Waals surface area contributed by atoms with E-state index in [9.17, 15) is 0 Å². The molecular weight excluding hydrogens is 344 g/mol. The van der Waals surface area contributed by atoms with Crippen LogP contribution in [0.15, 0.2) is 43.7 Å². The molecule has 1 aromatic carbocycles. The minimum Gasteiger partial charge on any atom is -0.461 e. The molecule has 1 nitrogen and oxygen atoms in total. The van der Waals surface area contributed by atoms with Crippen LogP contribution in [-0.2, 0) is 6.42 Å². The van der Waals surface area contributed by atoms with Crippen LogP contribution >= 0.6 is 31.9 Å². The molecule has 1 aromatic heterocycles. The topological polar surface area (TPSA) is 13.1 Å². The molecule has 90 valence electrons. The van der Waals surface area contributed by atoms with E-state index in [0.29, 0.717) is 0 Å². The van der Waals surface area contributed by atoms with Crippen molar-refractivity contribution in [3.05, 3.63) is 45.0 Å². The van der Waals surface area contributed by atoms with Crippen LogP contribution in [0.3, 0.4) is 0 Å². The fraction of sp³-hybridized carbons (Fsp3) is 0.286.